The maximum atomic E-state index is 12.7. The first-order valence-corrected chi connectivity index (χ1v) is 6.48. The van der Waals surface area contributed by atoms with E-state index in [1.807, 2.05) is 0 Å². The van der Waals surface area contributed by atoms with Gasteiger partial charge in [0.25, 0.3) is 6.43 Å². The lowest BCUT2D eigenvalue weighted by atomic mass is 9.96. The molecule has 1 aromatic heterocycles. The summed E-state index contributed by atoms with van der Waals surface area (Å²) >= 11 is 1.67. The van der Waals surface area contributed by atoms with E-state index in [0.29, 0.717) is 0 Å². The number of fused-ring (bicyclic) bond motifs is 1. The van der Waals surface area contributed by atoms with Crippen LogP contribution in [0.2, 0.25) is 0 Å². The molecule has 0 bridgehead atoms. The quantitative estimate of drug-likeness (QED) is 0.869. The van der Waals surface area contributed by atoms with E-state index in [4.69, 9.17) is 5.73 Å². The summed E-state index contributed by atoms with van der Waals surface area (Å²) in [6.45, 7) is 1.43. The molecule has 1 unspecified atom stereocenters. The number of nitrogens with two attached hydrogens (primary N) is 1. The van der Waals surface area contributed by atoms with Crippen LogP contribution in [0.1, 0.15) is 35.1 Å². The second kappa shape index (κ2) is 4.41. The second-order valence-corrected chi connectivity index (χ2v) is 6.07. The number of hydrogen-bond acceptors (Lipinski definition) is 2. The molecule has 1 heterocycles. The smallest absolute Gasteiger partial charge is 0.256 e. The molecule has 1 atom stereocenters. The van der Waals surface area contributed by atoms with Crippen molar-refractivity contribution in [1.82, 2.24) is 0 Å². The van der Waals surface area contributed by atoms with Gasteiger partial charge in [-0.05, 0) is 44.2 Å². The predicted molar refractivity (Wildman–Crippen MR) is 63.3 cm³/mol. The van der Waals surface area contributed by atoms with Crippen molar-refractivity contribution in [2.75, 3.05) is 0 Å². The molecule has 1 aliphatic carbocycles. The molecule has 0 amide bonds. The van der Waals surface area contributed by atoms with Gasteiger partial charge in [-0.25, -0.2) is 8.78 Å². The summed E-state index contributed by atoms with van der Waals surface area (Å²) in [5.41, 5.74) is 5.57. The number of alkyl halides is 2. The largest absolute Gasteiger partial charge is 0.320 e. The first-order chi connectivity index (χ1) is 7.49. The van der Waals surface area contributed by atoms with Crippen molar-refractivity contribution in [3.63, 3.8) is 0 Å². The van der Waals surface area contributed by atoms with Crippen molar-refractivity contribution < 1.29 is 8.78 Å². The Kier molecular flexibility index (Phi) is 3.31. The molecule has 16 heavy (non-hydrogen) atoms. The van der Waals surface area contributed by atoms with Crippen molar-refractivity contribution in [3.8, 4) is 0 Å². The molecular weight excluding hydrogens is 228 g/mol. The normalized spacial score (nSPS) is 19.6. The van der Waals surface area contributed by atoms with Gasteiger partial charge < -0.3 is 5.73 Å². The lowest BCUT2D eigenvalue weighted by Gasteiger charge is -2.22. The molecule has 90 valence electrons. The first-order valence-electron chi connectivity index (χ1n) is 5.66. The molecule has 1 aliphatic rings. The van der Waals surface area contributed by atoms with E-state index in [-0.39, 0.29) is 6.42 Å². The highest BCUT2D eigenvalue weighted by Crippen LogP contribution is 2.32. The fourth-order valence-corrected chi connectivity index (χ4v) is 3.53. The van der Waals surface area contributed by atoms with Crippen molar-refractivity contribution in [2.45, 2.75) is 51.0 Å². The maximum Gasteiger partial charge on any atom is 0.256 e. The van der Waals surface area contributed by atoms with E-state index in [0.717, 1.165) is 17.7 Å². The van der Waals surface area contributed by atoms with Crippen LogP contribution < -0.4 is 5.73 Å². The van der Waals surface area contributed by atoms with Gasteiger partial charge in [-0.15, -0.1) is 11.3 Å². The van der Waals surface area contributed by atoms with Crippen molar-refractivity contribution in [2.24, 2.45) is 5.73 Å². The Balaban J connectivity index is 2.13. The third-order valence-electron chi connectivity index (χ3n) is 3.10. The lowest BCUT2D eigenvalue weighted by Crippen LogP contribution is -2.45. The molecule has 1 aromatic rings. The highest BCUT2D eigenvalue weighted by Gasteiger charge is 2.31. The maximum absolute atomic E-state index is 12.7. The summed E-state index contributed by atoms with van der Waals surface area (Å²) in [4.78, 5) is 2.39. The van der Waals surface area contributed by atoms with Gasteiger partial charge in [-0.2, -0.15) is 0 Å². The topological polar surface area (TPSA) is 26.0 Å². The van der Waals surface area contributed by atoms with Crippen molar-refractivity contribution in [1.29, 1.82) is 0 Å². The molecule has 4 heteroatoms. The SMILES string of the molecule is CC(N)(Cc1cc2c(s1)CCCC2)C(F)F. The summed E-state index contributed by atoms with van der Waals surface area (Å²) in [6.07, 6.45) is 2.46. The van der Waals surface area contributed by atoms with Gasteiger partial charge in [0.2, 0.25) is 0 Å². The number of thiophene rings is 1. The van der Waals surface area contributed by atoms with Crippen LogP contribution in [0.4, 0.5) is 8.78 Å². The Hall–Kier alpha value is -0.480. The van der Waals surface area contributed by atoms with Crippen LogP contribution in [0.3, 0.4) is 0 Å². The van der Waals surface area contributed by atoms with Crippen LogP contribution in [0, 0.1) is 0 Å². The highest BCUT2D eigenvalue weighted by molar-refractivity contribution is 7.12. The van der Waals surface area contributed by atoms with E-state index in [2.05, 4.69) is 6.07 Å². The molecule has 1 nitrogen and oxygen atoms in total. The fraction of sp³-hybridized carbons (Fsp3) is 0.667. The van der Waals surface area contributed by atoms with Gasteiger partial charge in [0, 0.05) is 16.2 Å². The molecule has 2 rings (SSSR count). The zero-order valence-electron chi connectivity index (χ0n) is 9.43. The zero-order valence-corrected chi connectivity index (χ0v) is 10.2. The third kappa shape index (κ3) is 2.43. The van der Waals surface area contributed by atoms with Crippen molar-refractivity contribution >= 4 is 11.3 Å². The van der Waals surface area contributed by atoms with Crippen molar-refractivity contribution in [3.05, 3.63) is 21.4 Å². The summed E-state index contributed by atoms with van der Waals surface area (Å²) in [6, 6.07) is 2.08. The molecule has 0 spiro atoms. The number of aryl methyl sites for hydroxylation is 2. The summed E-state index contributed by atoms with van der Waals surface area (Å²) in [5, 5.41) is 0. The summed E-state index contributed by atoms with van der Waals surface area (Å²) in [5.74, 6) is 0. The molecule has 0 saturated carbocycles. The van der Waals surface area contributed by atoms with Gasteiger partial charge in [-0.3, -0.25) is 0 Å². The monoisotopic (exact) mass is 245 g/mol. The third-order valence-corrected chi connectivity index (χ3v) is 4.34. The minimum absolute atomic E-state index is 0.280. The fourth-order valence-electron chi connectivity index (χ4n) is 2.09. The van der Waals surface area contributed by atoms with Gasteiger partial charge in [-0.1, -0.05) is 0 Å². The average molecular weight is 245 g/mol. The Morgan fingerprint density at radius 1 is 1.44 bits per heavy atom. The Bertz CT molecular complexity index is 348. The van der Waals surface area contributed by atoms with Gasteiger partial charge >= 0.3 is 0 Å². The van der Waals surface area contributed by atoms with Crippen LogP contribution >= 0.6 is 11.3 Å². The molecular formula is C12H17F2NS. The number of rotatable bonds is 3. The molecule has 0 fully saturated rings. The predicted octanol–water partition coefficient (Wildman–Crippen LogP) is 3.15. The minimum atomic E-state index is -2.47. The van der Waals surface area contributed by atoms with E-state index in [1.54, 1.807) is 11.3 Å². The summed E-state index contributed by atoms with van der Waals surface area (Å²) in [7, 11) is 0. The number of hydrogen-bond donors (Lipinski definition) is 1. The Morgan fingerprint density at radius 3 is 2.75 bits per heavy atom. The van der Waals surface area contributed by atoms with Crippen LogP contribution in [0.5, 0.6) is 0 Å². The molecule has 0 aromatic carbocycles. The van der Waals surface area contributed by atoms with E-state index in [1.165, 1.54) is 30.2 Å². The molecule has 0 saturated heterocycles. The Morgan fingerprint density at radius 2 is 2.12 bits per heavy atom. The minimum Gasteiger partial charge on any atom is -0.320 e. The lowest BCUT2D eigenvalue weighted by molar-refractivity contribution is 0.0644. The van der Waals surface area contributed by atoms with Gasteiger partial charge in [0.1, 0.15) is 0 Å². The van der Waals surface area contributed by atoms with Crippen LogP contribution in [-0.2, 0) is 19.3 Å². The zero-order chi connectivity index (χ0) is 11.8. The highest BCUT2D eigenvalue weighted by atomic mass is 32.1. The Labute approximate surface area is 98.7 Å². The summed E-state index contributed by atoms with van der Waals surface area (Å²) < 4.78 is 25.3. The van der Waals surface area contributed by atoms with Gasteiger partial charge in [0.15, 0.2) is 0 Å². The van der Waals surface area contributed by atoms with E-state index in [9.17, 15) is 8.78 Å². The molecule has 0 aliphatic heterocycles. The van der Waals surface area contributed by atoms with Crippen LogP contribution in [0.15, 0.2) is 6.07 Å². The first kappa shape index (κ1) is 12.0. The van der Waals surface area contributed by atoms with E-state index < -0.39 is 12.0 Å². The van der Waals surface area contributed by atoms with Crippen LogP contribution in [-0.4, -0.2) is 12.0 Å². The van der Waals surface area contributed by atoms with Gasteiger partial charge in [0.05, 0.1) is 5.54 Å². The number of halogens is 2. The average Bonchev–Trinajstić information content (AvgIpc) is 2.58. The standard InChI is InChI=1S/C12H17F2NS/c1-12(15,11(13)14)7-9-6-8-4-2-3-5-10(8)16-9/h6,11H,2-5,7,15H2,1H3. The molecule has 2 N–H and O–H groups in total. The van der Waals surface area contributed by atoms with Crippen LogP contribution in [0.25, 0.3) is 0 Å². The molecule has 0 radical (unpaired) electrons. The van der Waals surface area contributed by atoms with E-state index >= 15 is 0 Å². The second-order valence-electron chi connectivity index (χ2n) is 4.85.